The van der Waals surface area contributed by atoms with E-state index < -0.39 is 17.5 Å². The van der Waals surface area contributed by atoms with Gasteiger partial charge in [0.25, 0.3) is 5.91 Å². The van der Waals surface area contributed by atoms with E-state index in [0.29, 0.717) is 18.8 Å². The van der Waals surface area contributed by atoms with Gasteiger partial charge in [-0.15, -0.1) is 0 Å². The molecule has 1 aliphatic heterocycles. The molecule has 0 radical (unpaired) electrons. The van der Waals surface area contributed by atoms with Crippen LogP contribution in [-0.4, -0.2) is 60.2 Å². The third kappa shape index (κ3) is 6.13. The molecule has 3 rings (SSSR count). The van der Waals surface area contributed by atoms with E-state index in [2.05, 4.69) is 0 Å². The Bertz CT molecular complexity index is 1050. The summed E-state index contributed by atoms with van der Waals surface area (Å²) in [5, 5.41) is 8.88. The van der Waals surface area contributed by atoms with Crippen molar-refractivity contribution in [2.24, 2.45) is 0 Å². The number of carbonyl (C=O) groups excluding carboxylic acids is 3. The van der Waals surface area contributed by atoms with E-state index in [1.807, 2.05) is 12.1 Å². The third-order valence-corrected chi connectivity index (χ3v) is 5.46. The molecule has 3 amide bonds. The number of benzene rings is 2. The van der Waals surface area contributed by atoms with Gasteiger partial charge in [0.05, 0.1) is 12.5 Å². The first kappa shape index (κ1) is 23.9. The second-order valence-corrected chi connectivity index (χ2v) is 7.59. The molecule has 33 heavy (non-hydrogen) atoms. The average molecular weight is 454 g/mol. The summed E-state index contributed by atoms with van der Waals surface area (Å²) >= 11 is 0. The van der Waals surface area contributed by atoms with Crippen LogP contribution in [0.4, 0.5) is 14.5 Å². The molecule has 0 N–H and O–H groups in total. The molecule has 1 fully saturated rings. The number of piperazine rings is 1. The second-order valence-electron chi connectivity index (χ2n) is 7.59. The first-order chi connectivity index (χ1) is 15.9. The first-order valence-corrected chi connectivity index (χ1v) is 10.6. The summed E-state index contributed by atoms with van der Waals surface area (Å²) in [5.41, 5.74) is 0.729. The topological polar surface area (TPSA) is 84.7 Å². The predicted octanol–water partition coefficient (Wildman–Crippen LogP) is 2.98. The summed E-state index contributed by atoms with van der Waals surface area (Å²) in [7, 11) is 0. The number of para-hydroxylation sites is 1. The lowest BCUT2D eigenvalue weighted by Gasteiger charge is -2.35. The molecular weight excluding hydrogens is 430 g/mol. The standard InChI is InChI=1S/C24H24F2N4O3/c25-20-8-7-18(17-21(20)26)24(33)29-15-13-28(14-16-29)22(31)9-10-23(32)30(12-4-11-27)19-5-2-1-3-6-19/h1-3,5-8,17H,4,9-10,12-16H2. The highest BCUT2D eigenvalue weighted by atomic mass is 19.2. The van der Waals surface area contributed by atoms with Crippen LogP contribution in [0.2, 0.25) is 0 Å². The Morgan fingerprint density at radius 1 is 0.909 bits per heavy atom. The molecule has 1 heterocycles. The van der Waals surface area contributed by atoms with Gasteiger partial charge in [0, 0.05) is 56.8 Å². The Hall–Kier alpha value is -3.80. The van der Waals surface area contributed by atoms with Gasteiger partial charge < -0.3 is 14.7 Å². The van der Waals surface area contributed by atoms with Crippen molar-refractivity contribution >= 4 is 23.4 Å². The van der Waals surface area contributed by atoms with Gasteiger partial charge >= 0.3 is 0 Å². The van der Waals surface area contributed by atoms with Gasteiger partial charge in [-0.3, -0.25) is 14.4 Å². The van der Waals surface area contributed by atoms with Crippen LogP contribution in [-0.2, 0) is 9.59 Å². The number of hydrogen-bond acceptors (Lipinski definition) is 4. The largest absolute Gasteiger partial charge is 0.339 e. The molecule has 0 bridgehead atoms. The summed E-state index contributed by atoms with van der Waals surface area (Å²) in [6, 6.07) is 14.0. The Kier molecular flexibility index (Phi) is 8.08. The molecule has 0 spiro atoms. The molecule has 2 aromatic carbocycles. The van der Waals surface area contributed by atoms with Crippen molar-refractivity contribution in [1.82, 2.24) is 9.80 Å². The maximum absolute atomic E-state index is 13.4. The molecule has 0 aliphatic carbocycles. The molecule has 0 unspecified atom stereocenters. The monoisotopic (exact) mass is 454 g/mol. The van der Waals surface area contributed by atoms with E-state index >= 15 is 0 Å². The summed E-state index contributed by atoms with van der Waals surface area (Å²) in [4.78, 5) is 42.4. The first-order valence-electron chi connectivity index (χ1n) is 10.6. The lowest BCUT2D eigenvalue weighted by molar-refractivity contribution is -0.134. The SMILES string of the molecule is N#CCCN(C(=O)CCC(=O)N1CCN(C(=O)c2ccc(F)c(F)c2)CC1)c1ccccc1. The van der Waals surface area contributed by atoms with Crippen LogP contribution in [0.5, 0.6) is 0 Å². The highest BCUT2D eigenvalue weighted by Crippen LogP contribution is 2.17. The van der Waals surface area contributed by atoms with Crippen LogP contribution in [0.25, 0.3) is 0 Å². The lowest BCUT2D eigenvalue weighted by Crippen LogP contribution is -2.50. The van der Waals surface area contributed by atoms with Gasteiger partial charge in [0.2, 0.25) is 11.8 Å². The second kappa shape index (κ2) is 11.2. The summed E-state index contributed by atoms with van der Waals surface area (Å²) in [6.45, 7) is 1.35. The Labute approximate surface area is 190 Å². The van der Waals surface area contributed by atoms with Crippen molar-refractivity contribution in [3.8, 4) is 6.07 Å². The Morgan fingerprint density at radius 3 is 2.21 bits per heavy atom. The van der Waals surface area contributed by atoms with Crippen LogP contribution >= 0.6 is 0 Å². The number of carbonyl (C=O) groups is 3. The maximum atomic E-state index is 13.4. The number of halogens is 2. The summed E-state index contributed by atoms with van der Waals surface area (Å²) in [5.74, 6) is -2.96. The van der Waals surface area contributed by atoms with E-state index in [1.165, 1.54) is 15.9 Å². The minimum atomic E-state index is -1.08. The zero-order valence-corrected chi connectivity index (χ0v) is 18.0. The van der Waals surface area contributed by atoms with Crippen LogP contribution < -0.4 is 4.90 Å². The van der Waals surface area contributed by atoms with Crippen molar-refractivity contribution in [2.45, 2.75) is 19.3 Å². The lowest BCUT2D eigenvalue weighted by atomic mass is 10.1. The fourth-order valence-corrected chi connectivity index (χ4v) is 3.65. The average Bonchev–Trinajstić information content (AvgIpc) is 2.84. The van der Waals surface area contributed by atoms with Gasteiger partial charge in [-0.1, -0.05) is 18.2 Å². The van der Waals surface area contributed by atoms with E-state index in [9.17, 15) is 23.2 Å². The smallest absolute Gasteiger partial charge is 0.254 e. The summed E-state index contributed by atoms with van der Waals surface area (Å²) in [6.07, 6.45) is 0.210. The molecule has 7 nitrogen and oxygen atoms in total. The van der Waals surface area contributed by atoms with Crippen LogP contribution in [0, 0.1) is 23.0 Å². The Balaban J connectivity index is 1.51. The zero-order valence-electron chi connectivity index (χ0n) is 18.0. The third-order valence-electron chi connectivity index (χ3n) is 5.46. The van der Waals surface area contributed by atoms with Crippen LogP contribution in [0.1, 0.15) is 29.6 Å². The molecular formula is C24H24F2N4O3. The quantitative estimate of drug-likeness (QED) is 0.644. The van der Waals surface area contributed by atoms with Gasteiger partial charge in [-0.2, -0.15) is 5.26 Å². The molecule has 0 atom stereocenters. The fraction of sp³-hybridized carbons (Fsp3) is 0.333. The van der Waals surface area contributed by atoms with Crippen molar-refractivity contribution in [3.05, 3.63) is 65.7 Å². The van der Waals surface area contributed by atoms with Gasteiger partial charge in [-0.05, 0) is 30.3 Å². The molecule has 1 aliphatic rings. The predicted molar refractivity (Wildman–Crippen MR) is 117 cm³/mol. The molecule has 9 heteroatoms. The Morgan fingerprint density at radius 2 is 1.58 bits per heavy atom. The van der Waals surface area contributed by atoms with Gasteiger partial charge in [-0.25, -0.2) is 8.78 Å². The molecule has 172 valence electrons. The van der Waals surface area contributed by atoms with Crippen LogP contribution in [0.3, 0.4) is 0 Å². The van der Waals surface area contributed by atoms with E-state index in [4.69, 9.17) is 5.26 Å². The number of nitriles is 1. The molecule has 0 aromatic heterocycles. The zero-order chi connectivity index (χ0) is 23.8. The molecule has 0 saturated carbocycles. The highest BCUT2D eigenvalue weighted by molar-refractivity contribution is 5.96. The van der Waals surface area contributed by atoms with Crippen molar-refractivity contribution < 1.29 is 23.2 Å². The van der Waals surface area contributed by atoms with Gasteiger partial charge in [0.1, 0.15) is 0 Å². The normalized spacial score (nSPS) is 13.4. The fourth-order valence-electron chi connectivity index (χ4n) is 3.65. The van der Waals surface area contributed by atoms with Crippen molar-refractivity contribution in [2.75, 3.05) is 37.6 Å². The number of amides is 3. The minimum absolute atomic E-state index is 0.00710. The summed E-state index contributed by atoms with van der Waals surface area (Å²) < 4.78 is 26.5. The van der Waals surface area contributed by atoms with Crippen molar-refractivity contribution in [1.29, 1.82) is 5.26 Å². The number of rotatable bonds is 7. The minimum Gasteiger partial charge on any atom is -0.339 e. The van der Waals surface area contributed by atoms with Crippen molar-refractivity contribution in [3.63, 3.8) is 0 Å². The van der Waals surface area contributed by atoms with E-state index in [-0.39, 0.29) is 56.3 Å². The number of anilines is 1. The number of hydrogen-bond donors (Lipinski definition) is 0. The highest BCUT2D eigenvalue weighted by Gasteiger charge is 2.26. The van der Waals surface area contributed by atoms with Gasteiger partial charge in [0.15, 0.2) is 11.6 Å². The maximum Gasteiger partial charge on any atom is 0.254 e. The molecule has 2 aromatic rings. The number of nitrogens with zero attached hydrogens (tertiary/aromatic N) is 4. The van der Waals surface area contributed by atoms with Crippen LogP contribution in [0.15, 0.2) is 48.5 Å². The van der Waals surface area contributed by atoms with E-state index in [0.717, 1.165) is 12.1 Å². The van der Waals surface area contributed by atoms with E-state index in [1.54, 1.807) is 29.2 Å². The molecule has 1 saturated heterocycles.